The Hall–Kier alpha value is -0.540. The topological polar surface area (TPSA) is 35.2 Å². The Morgan fingerprint density at radius 1 is 1.44 bits per heavy atom. The van der Waals surface area contributed by atoms with Gasteiger partial charge in [0.15, 0.2) is 0 Å². The Kier molecular flexibility index (Phi) is 3.87. The zero-order valence-electron chi connectivity index (χ0n) is 9.63. The predicted octanol–water partition coefficient (Wildman–Crippen LogP) is 3.57. The van der Waals surface area contributed by atoms with Crippen LogP contribution in [0.25, 0.3) is 0 Å². The maximum absolute atomic E-state index is 6.23. The first kappa shape index (κ1) is 11.9. The van der Waals surface area contributed by atoms with Crippen LogP contribution in [-0.2, 0) is 6.42 Å². The standard InChI is InChI=1S/C13H18BrNO/c1-2-16-12-8-7-10(14)13-9(12)5-3-4-6-11(13)15/h7-8,11H,2-6,15H2,1H3/t11-/m1/s1. The van der Waals surface area contributed by atoms with Gasteiger partial charge in [-0.05, 0) is 43.9 Å². The highest BCUT2D eigenvalue weighted by Gasteiger charge is 2.21. The fraction of sp³-hybridized carbons (Fsp3) is 0.538. The van der Waals surface area contributed by atoms with Crippen LogP contribution in [0, 0.1) is 0 Å². The summed E-state index contributed by atoms with van der Waals surface area (Å²) >= 11 is 3.61. The van der Waals surface area contributed by atoms with E-state index in [2.05, 4.69) is 22.0 Å². The average molecular weight is 284 g/mol. The molecule has 0 fully saturated rings. The molecule has 0 aromatic heterocycles. The van der Waals surface area contributed by atoms with Gasteiger partial charge in [-0.2, -0.15) is 0 Å². The normalized spacial score (nSPS) is 20.1. The number of ether oxygens (including phenoxy) is 1. The lowest BCUT2D eigenvalue weighted by atomic mass is 9.99. The lowest BCUT2D eigenvalue weighted by Gasteiger charge is -2.18. The van der Waals surface area contributed by atoms with Gasteiger partial charge < -0.3 is 10.5 Å². The molecule has 2 rings (SSSR count). The van der Waals surface area contributed by atoms with Crippen molar-refractivity contribution in [3.63, 3.8) is 0 Å². The van der Waals surface area contributed by atoms with Crippen molar-refractivity contribution < 1.29 is 4.74 Å². The molecule has 1 aromatic carbocycles. The van der Waals surface area contributed by atoms with Crippen LogP contribution in [0.4, 0.5) is 0 Å². The van der Waals surface area contributed by atoms with E-state index in [0.29, 0.717) is 6.61 Å². The van der Waals surface area contributed by atoms with Crippen molar-refractivity contribution in [3.05, 3.63) is 27.7 Å². The van der Waals surface area contributed by atoms with E-state index in [4.69, 9.17) is 10.5 Å². The van der Waals surface area contributed by atoms with Crippen LogP contribution < -0.4 is 10.5 Å². The number of benzene rings is 1. The second kappa shape index (κ2) is 5.19. The smallest absolute Gasteiger partial charge is 0.122 e. The number of halogens is 1. The number of fused-ring (bicyclic) bond motifs is 1. The molecule has 0 bridgehead atoms. The van der Waals surface area contributed by atoms with E-state index in [9.17, 15) is 0 Å². The molecule has 2 nitrogen and oxygen atoms in total. The maximum Gasteiger partial charge on any atom is 0.122 e. The number of hydrogen-bond acceptors (Lipinski definition) is 2. The van der Waals surface area contributed by atoms with E-state index < -0.39 is 0 Å². The minimum atomic E-state index is 0.146. The van der Waals surface area contributed by atoms with Gasteiger partial charge in [0.1, 0.15) is 5.75 Å². The maximum atomic E-state index is 6.23. The van der Waals surface area contributed by atoms with Crippen molar-refractivity contribution in [1.82, 2.24) is 0 Å². The summed E-state index contributed by atoms with van der Waals surface area (Å²) < 4.78 is 6.81. The molecule has 2 N–H and O–H groups in total. The third-order valence-electron chi connectivity index (χ3n) is 3.12. The van der Waals surface area contributed by atoms with Crippen molar-refractivity contribution in [2.24, 2.45) is 5.73 Å². The Bertz CT molecular complexity index is 378. The van der Waals surface area contributed by atoms with Gasteiger partial charge in [-0.1, -0.05) is 22.4 Å². The third-order valence-corrected chi connectivity index (χ3v) is 3.81. The van der Waals surface area contributed by atoms with Crippen LogP contribution in [-0.4, -0.2) is 6.61 Å². The first-order valence-electron chi connectivity index (χ1n) is 5.93. The summed E-state index contributed by atoms with van der Waals surface area (Å²) in [5, 5.41) is 0. The van der Waals surface area contributed by atoms with Crippen molar-refractivity contribution in [2.45, 2.75) is 38.6 Å². The van der Waals surface area contributed by atoms with E-state index in [1.54, 1.807) is 0 Å². The molecular formula is C13H18BrNO. The minimum Gasteiger partial charge on any atom is -0.494 e. The molecule has 1 aliphatic rings. The van der Waals surface area contributed by atoms with Gasteiger partial charge in [0.25, 0.3) is 0 Å². The SMILES string of the molecule is CCOc1ccc(Br)c2c1CCCC[C@H]2N. The molecule has 1 aromatic rings. The van der Waals surface area contributed by atoms with E-state index >= 15 is 0 Å². The summed E-state index contributed by atoms with van der Waals surface area (Å²) in [5.41, 5.74) is 8.79. The molecular weight excluding hydrogens is 266 g/mol. The summed E-state index contributed by atoms with van der Waals surface area (Å²) in [6, 6.07) is 4.24. The van der Waals surface area contributed by atoms with Gasteiger partial charge >= 0.3 is 0 Å². The zero-order valence-corrected chi connectivity index (χ0v) is 11.2. The van der Waals surface area contributed by atoms with Gasteiger partial charge in [0.05, 0.1) is 6.61 Å². The van der Waals surface area contributed by atoms with Crippen LogP contribution in [0.1, 0.15) is 43.4 Å². The van der Waals surface area contributed by atoms with Crippen molar-refractivity contribution in [1.29, 1.82) is 0 Å². The molecule has 0 aliphatic heterocycles. The Morgan fingerprint density at radius 3 is 3.00 bits per heavy atom. The molecule has 0 saturated carbocycles. The molecule has 0 heterocycles. The minimum absolute atomic E-state index is 0.146. The monoisotopic (exact) mass is 283 g/mol. The van der Waals surface area contributed by atoms with Gasteiger partial charge in [0, 0.05) is 16.1 Å². The lowest BCUT2D eigenvalue weighted by molar-refractivity contribution is 0.336. The molecule has 1 aliphatic carbocycles. The number of rotatable bonds is 2. The highest BCUT2D eigenvalue weighted by atomic mass is 79.9. The van der Waals surface area contributed by atoms with Crippen molar-refractivity contribution in [3.8, 4) is 5.75 Å². The van der Waals surface area contributed by atoms with Crippen LogP contribution >= 0.6 is 15.9 Å². The first-order chi connectivity index (χ1) is 7.74. The second-order valence-electron chi connectivity index (χ2n) is 4.22. The second-order valence-corrected chi connectivity index (χ2v) is 5.08. The lowest BCUT2D eigenvalue weighted by Crippen LogP contribution is -2.12. The molecule has 0 radical (unpaired) electrons. The number of nitrogens with two attached hydrogens (primary N) is 1. The van der Waals surface area contributed by atoms with Gasteiger partial charge in [0.2, 0.25) is 0 Å². The van der Waals surface area contributed by atoms with Crippen LogP contribution in [0.5, 0.6) is 5.75 Å². The average Bonchev–Trinajstić information content (AvgIpc) is 2.46. The predicted molar refractivity (Wildman–Crippen MR) is 69.8 cm³/mol. The van der Waals surface area contributed by atoms with Crippen LogP contribution in [0.3, 0.4) is 0 Å². The van der Waals surface area contributed by atoms with Crippen LogP contribution in [0.2, 0.25) is 0 Å². The summed E-state index contributed by atoms with van der Waals surface area (Å²) in [6.07, 6.45) is 4.56. The molecule has 0 amide bonds. The summed E-state index contributed by atoms with van der Waals surface area (Å²) in [4.78, 5) is 0. The third kappa shape index (κ3) is 2.25. The van der Waals surface area contributed by atoms with Gasteiger partial charge in [-0.25, -0.2) is 0 Å². The molecule has 3 heteroatoms. The first-order valence-corrected chi connectivity index (χ1v) is 6.73. The summed E-state index contributed by atoms with van der Waals surface area (Å²) in [5.74, 6) is 1.01. The summed E-state index contributed by atoms with van der Waals surface area (Å²) in [6.45, 7) is 2.73. The van der Waals surface area contributed by atoms with E-state index in [-0.39, 0.29) is 6.04 Å². The molecule has 1 atom stereocenters. The molecule has 88 valence electrons. The number of hydrogen-bond donors (Lipinski definition) is 1. The van der Waals surface area contributed by atoms with E-state index in [1.807, 2.05) is 13.0 Å². The quantitative estimate of drug-likeness (QED) is 0.842. The largest absolute Gasteiger partial charge is 0.494 e. The van der Waals surface area contributed by atoms with Crippen LogP contribution in [0.15, 0.2) is 16.6 Å². The highest BCUT2D eigenvalue weighted by molar-refractivity contribution is 9.10. The Labute approximate surface area is 105 Å². The van der Waals surface area contributed by atoms with Crippen molar-refractivity contribution in [2.75, 3.05) is 6.61 Å². The highest BCUT2D eigenvalue weighted by Crippen LogP contribution is 2.37. The van der Waals surface area contributed by atoms with E-state index in [1.165, 1.54) is 24.0 Å². The molecule has 0 saturated heterocycles. The molecule has 0 unspecified atom stereocenters. The fourth-order valence-corrected chi connectivity index (χ4v) is 3.04. The van der Waals surface area contributed by atoms with Gasteiger partial charge in [-0.3, -0.25) is 0 Å². The van der Waals surface area contributed by atoms with Crippen molar-refractivity contribution >= 4 is 15.9 Å². The summed E-state index contributed by atoms with van der Waals surface area (Å²) in [7, 11) is 0. The fourth-order valence-electron chi connectivity index (χ4n) is 2.38. The Morgan fingerprint density at radius 2 is 2.25 bits per heavy atom. The molecule has 0 spiro atoms. The molecule has 16 heavy (non-hydrogen) atoms. The zero-order chi connectivity index (χ0) is 11.5. The van der Waals surface area contributed by atoms with Gasteiger partial charge in [-0.15, -0.1) is 0 Å². The van der Waals surface area contributed by atoms with E-state index in [0.717, 1.165) is 23.1 Å². The Balaban J connectivity index is 2.48.